The van der Waals surface area contributed by atoms with Crippen LogP contribution in [0.25, 0.3) is 21.8 Å². The molecular formula is C14H12EuN2Na2+5. The largest absolute Gasteiger partial charge is 3.00 e. The van der Waals surface area contributed by atoms with Gasteiger partial charge in [0, 0.05) is 23.2 Å². The number of rotatable bonds is 0. The molecule has 19 heavy (non-hydrogen) atoms. The first-order valence-electron chi connectivity index (χ1n) is 5.37. The van der Waals surface area contributed by atoms with Crippen molar-refractivity contribution in [3.63, 3.8) is 0 Å². The minimum Gasteiger partial charge on any atom is -0.254 e. The van der Waals surface area contributed by atoms with Crippen LogP contribution < -0.4 is 59.1 Å². The van der Waals surface area contributed by atoms with Gasteiger partial charge >= 0.3 is 108 Å². The molecule has 0 atom stereocenters. The molecule has 0 saturated heterocycles. The van der Waals surface area contributed by atoms with Crippen LogP contribution in [0.4, 0.5) is 0 Å². The van der Waals surface area contributed by atoms with Gasteiger partial charge in [-0.25, -0.2) is 0 Å². The number of benzene rings is 1. The summed E-state index contributed by atoms with van der Waals surface area (Å²) in [6.45, 7) is 4.21. The quantitative estimate of drug-likeness (QED) is 0.303. The maximum Gasteiger partial charge on any atom is 3.00 e. The number of hydrogen-bond donors (Lipinski definition) is 0. The van der Waals surface area contributed by atoms with E-state index in [0.29, 0.717) is 0 Å². The molecule has 0 bridgehead atoms. The molecule has 3 aromatic rings. The Kier molecular flexibility index (Phi) is 9.68. The van der Waals surface area contributed by atoms with Crippen molar-refractivity contribution < 1.29 is 108 Å². The van der Waals surface area contributed by atoms with Crippen LogP contribution in [0.3, 0.4) is 0 Å². The van der Waals surface area contributed by atoms with Gasteiger partial charge in [0.1, 0.15) is 0 Å². The number of fused-ring (bicyclic) bond motifs is 3. The van der Waals surface area contributed by atoms with E-state index in [2.05, 4.69) is 35.9 Å². The van der Waals surface area contributed by atoms with Crippen LogP contribution in [0, 0.1) is 63.2 Å². The second-order valence-electron chi connectivity index (χ2n) is 4.11. The second-order valence-corrected chi connectivity index (χ2v) is 4.11. The summed E-state index contributed by atoms with van der Waals surface area (Å²) in [5.41, 5.74) is 4.49. The van der Waals surface area contributed by atoms with E-state index in [-0.39, 0.29) is 108 Å². The molecule has 0 fully saturated rings. The summed E-state index contributed by atoms with van der Waals surface area (Å²) in [5.74, 6) is 0. The molecule has 1 aromatic carbocycles. The first kappa shape index (κ1) is 20.6. The van der Waals surface area contributed by atoms with E-state index in [1.54, 1.807) is 0 Å². The zero-order chi connectivity index (χ0) is 11.1. The van der Waals surface area contributed by atoms with Crippen molar-refractivity contribution in [2.75, 3.05) is 0 Å². The zero-order valence-electron chi connectivity index (χ0n) is 11.7. The van der Waals surface area contributed by atoms with Crippen molar-refractivity contribution >= 4 is 21.8 Å². The summed E-state index contributed by atoms with van der Waals surface area (Å²) >= 11 is 0. The fraction of sp³-hybridized carbons (Fsp3) is 0.143. The second kappa shape index (κ2) is 8.92. The van der Waals surface area contributed by atoms with Gasteiger partial charge < -0.3 is 0 Å². The van der Waals surface area contributed by atoms with Gasteiger partial charge in [0.15, 0.2) is 0 Å². The van der Waals surface area contributed by atoms with Gasteiger partial charge in [0.25, 0.3) is 0 Å². The molecule has 0 radical (unpaired) electrons. The third kappa shape index (κ3) is 4.09. The Hall–Kier alpha value is 1.62. The average Bonchev–Trinajstić information content (AvgIpc) is 2.30. The summed E-state index contributed by atoms with van der Waals surface area (Å²) < 4.78 is 0. The Labute approximate surface area is 198 Å². The summed E-state index contributed by atoms with van der Waals surface area (Å²) in [4.78, 5) is 8.90. The van der Waals surface area contributed by atoms with Gasteiger partial charge in [-0.05, 0) is 37.1 Å². The van der Waals surface area contributed by atoms with E-state index < -0.39 is 0 Å². The first-order valence-corrected chi connectivity index (χ1v) is 5.37. The fourth-order valence-electron chi connectivity index (χ4n) is 2.10. The molecule has 0 aliphatic rings. The molecule has 2 heterocycles. The summed E-state index contributed by atoms with van der Waals surface area (Å²) in [6, 6.07) is 8.33. The van der Waals surface area contributed by atoms with Crippen LogP contribution in [-0.2, 0) is 0 Å². The number of pyridine rings is 2. The van der Waals surface area contributed by atoms with Gasteiger partial charge in [-0.1, -0.05) is 12.1 Å². The van der Waals surface area contributed by atoms with Crippen LogP contribution in [0.1, 0.15) is 11.1 Å². The van der Waals surface area contributed by atoms with Gasteiger partial charge in [0.05, 0.1) is 11.0 Å². The maximum atomic E-state index is 4.45. The topological polar surface area (TPSA) is 25.8 Å². The van der Waals surface area contributed by atoms with Crippen molar-refractivity contribution in [3.8, 4) is 0 Å². The Bertz CT molecular complexity index is 641. The molecule has 0 unspecified atom stereocenters. The predicted octanol–water partition coefficient (Wildman–Crippen LogP) is -2.59. The molecule has 0 amide bonds. The molecule has 3 rings (SSSR count). The molecular weight excluding hydrogens is 394 g/mol. The smallest absolute Gasteiger partial charge is 0.254 e. The molecule has 0 spiro atoms. The van der Waals surface area contributed by atoms with E-state index in [1.807, 2.05) is 24.5 Å². The van der Waals surface area contributed by atoms with Crippen molar-refractivity contribution in [1.82, 2.24) is 9.97 Å². The van der Waals surface area contributed by atoms with Crippen molar-refractivity contribution in [3.05, 3.63) is 47.8 Å². The molecule has 0 aliphatic carbocycles. The van der Waals surface area contributed by atoms with Gasteiger partial charge in [-0.3, -0.25) is 9.97 Å². The van der Waals surface area contributed by atoms with Gasteiger partial charge in [-0.15, -0.1) is 0 Å². The molecule has 0 N–H and O–H groups in total. The van der Waals surface area contributed by atoms with Crippen LogP contribution in [0.5, 0.6) is 0 Å². The Balaban J connectivity index is 0.00000108. The zero-order valence-corrected chi connectivity index (χ0v) is 18.2. The molecule has 0 aliphatic heterocycles. The van der Waals surface area contributed by atoms with Crippen molar-refractivity contribution in [2.24, 2.45) is 0 Å². The van der Waals surface area contributed by atoms with E-state index in [4.69, 9.17) is 0 Å². The standard InChI is InChI=1S/C14H12N2.Eu.2Na/c1-9-5-7-15-13-11(9)3-4-12-10(2)6-8-16-14(12)13;;;/h3-8H,1-2H3;;;/q;+3;2*+1. The number of hydrogen-bond acceptors (Lipinski definition) is 2. The molecule has 0 saturated carbocycles. The summed E-state index contributed by atoms with van der Waals surface area (Å²) in [5, 5.41) is 2.38. The monoisotopic (exact) mass is 407 g/mol. The van der Waals surface area contributed by atoms with E-state index in [9.17, 15) is 0 Å². The summed E-state index contributed by atoms with van der Waals surface area (Å²) in [6.07, 6.45) is 3.70. The van der Waals surface area contributed by atoms with Crippen molar-refractivity contribution in [1.29, 1.82) is 0 Å². The number of nitrogens with zero attached hydrogens (tertiary/aromatic N) is 2. The SMILES string of the molecule is Cc1ccnc2c1ccc1c(C)ccnc12.[Eu+3].[Na+].[Na+]. The maximum absolute atomic E-state index is 4.45. The van der Waals surface area contributed by atoms with Crippen LogP contribution in [-0.4, -0.2) is 9.97 Å². The Morgan fingerprint density at radius 1 is 0.684 bits per heavy atom. The molecule has 82 valence electrons. The predicted molar refractivity (Wildman–Crippen MR) is 66.5 cm³/mol. The Morgan fingerprint density at radius 2 is 1.05 bits per heavy atom. The fourth-order valence-corrected chi connectivity index (χ4v) is 2.10. The third-order valence-corrected chi connectivity index (χ3v) is 3.06. The Morgan fingerprint density at radius 3 is 1.42 bits per heavy atom. The number of aryl methyl sites for hydroxylation is 2. The van der Waals surface area contributed by atoms with E-state index in [1.165, 1.54) is 21.9 Å². The molecule has 5 heteroatoms. The van der Waals surface area contributed by atoms with Gasteiger partial charge in [-0.2, -0.15) is 0 Å². The van der Waals surface area contributed by atoms with E-state index in [0.717, 1.165) is 11.0 Å². The normalized spacial score (nSPS) is 9.37. The van der Waals surface area contributed by atoms with E-state index >= 15 is 0 Å². The van der Waals surface area contributed by atoms with Crippen molar-refractivity contribution in [2.45, 2.75) is 13.8 Å². The minimum atomic E-state index is 0. The van der Waals surface area contributed by atoms with Crippen LogP contribution in [0.2, 0.25) is 0 Å². The third-order valence-electron chi connectivity index (χ3n) is 3.06. The van der Waals surface area contributed by atoms with Gasteiger partial charge in [0.2, 0.25) is 0 Å². The molecule has 2 nitrogen and oxygen atoms in total. The summed E-state index contributed by atoms with van der Waals surface area (Å²) in [7, 11) is 0. The average molecular weight is 406 g/mol. The molecule has 2 aromatic heterocycles. The van der Waals surface area contributed by atoms with Crippen LogP contribution in [0.15, 0.2) is 36.7 Å². The minimum absolute atomic E-state index is 0. The number of aromatic nitrogens is 2. The van der Waals surface area contributed by atoms with Crippen LogP contribution >= 0.6 is 0 Å². The first-order chi connectivity index (χ1) is 7.77.